The molecule has 1 N–H and O–H groups in total. The molecule has 0 aromatic carbocycles. The number of carbonyl (C=O) groups is 1. The van der Waals surface area contributed by atoms with Crippen molar-refractivity contribution in [1.82, 2.24) is 4.98 Å². The highest BCUT2D eigenvalue weighted by molar-refractivity contribution is 7.99. The minimum Gasteiger partial charge on any atom is -0.475 e. The predicted octanol–water partition coefficient (Wildman–Crippen LogP) is 2.43. The Hall–Kier alpha value is -1.69. The first-order valence-corrected chi connectivity index (χ1v) is 4.90. The van der Waals surface area contributed by atoms with Crippen LogP contribution in [0.2, 0.25) is 0 Å². The van der Waals surface area contributed by atoms with Crippen LogP contribution in [0, 0.1) is 6.92 Å². The second kappa shape index (κ2) is 3.82. The average Bonchev–Trinajstić information content (AvgIpc) is 2.76. The van der Waals surface area contributed by atoms with Crippen molar-refractivity contribution in [2.45, 2.75) is 17.2 Å². The van der Waals surface area contributed by atoms with E-state index in [0.29, 0.717) is 10.3 Å². The topological polar surface area (TPSA) is 76.5 Å². The molecule has 0 bridgehead atoms. The van der Waals surface area contributed by atoms with E-state index in [0.717, 1.165) is 17.5 Å². The van der Waals surface area contributed by atoms with Crippen molar-refractivity contribution in [3.8, 4) is 0 Å². The van der Waals surface area contributed by atoms with Gasteiger partial charge in [0.05, 0.1) is 5.69 Å². The van der Waals surface area contributed by atoms with Gasteiger partial charge in [0, 0.05) is 11.8 Å². The maximum atomic E-state index is 10.5. The fourth-order valence-electron chi connectivity index (χ4n) is 0.955. The summed E-state index contributed by atoms with van der Waals surface area (Å²) in [6, 6.07) is 2.95. The third-order valence-corrected chi connectivity index (χ3v) is 2.36. The molecule has 2 rings (SSSR count). The van der Waals surface area contributed by atoms with Gasteiger partial charge in [-0.05, 0) is 19.1 Å². The third-order valence-electron chi connectivity index (χ3n) is 1.58. The van der Waals surface area contributed by atoms with Gasteiger partial charge >= 0.3 is 5.97 Å². The lowest BCUT2D eigenvalue weighted by molar-refractivity contribution is 0.0656. The normalized spacial score (nSPS) is 10.5. The van der Waals surface area contributed by atoms with Crippen LogP contribution < -0.4 is 0 Å². The van der Waals surface area contributed by atoms with Crippen LogP contribution in [0.4, 0.5) is 0 Å². The van der Waals surface area contributed by atoms with Gasteiger partial charge in [-0.3, -0.25) is 0 Å². The van der Waals surface area contributed by atoms with Gasteiger partial charge in [-0.1, -0.05) is 0 Å². The molecule has 2 aromatic rings. The summed E-state index contributed by atoms with van der Waals surface area (Å²) in [6.45, 7) is 1.80. The second-order valence-electron chi connectivity index (χ2n) is 2.78. The molecule has 2 aromatic heterocycles. The number of hydrogen-bond acceptors (Lipinski definition) is 5. The van der Waals surface area contributed by atoms with E-state index in [1.165, 1.54) is 12.3 Å². The van der Waals surface area contributed by atoms with Crippen LogP contribution in [0.5, 0.6) is 0 Å². The third kappa shape index (κ3) is 2.21. The number of aromatic carboxylic acids is 1. The molecule has 0 atom stereocenters. The molecule has 0 spiro atoms. The SMILES string of the molecule is Cc1coc(Sc2ccc(C(=O)O)o2)n1. The summed E-state index contributed by atoms with van der Waals surface area (Å²) < 4.78 is 10.1. The lowest BCUT2D eigenvalue weighted by Crippen LogP contribution is -1.91. The predicted molar refractivity (Wildman–Crippen MR) is 51.0 cm³/mol. The molecule has 78 valence electrons. The van der Waals surface area contributed by atoms with Gasteiger partial charge in [0.2, 0.25) is 5.76 Å². The zero-order valence-electron chi connectivity index (χ0n) is 7.76. The van der Waals surface area contributed by atoms with E-state index >= 15 is 0 Å². The quantitative estimate of drug-likeness (QED) is 0.864. The Morgan fingerprint density at radius 1 is 1.53 bits per heavy atom. The van der Waals surface area contributed by atoms with Gasteiger partial charge < -0.3 is 13.9 Å². The Balaban J connectivity index is 2.14. The van der Waals surface area contributed by atoms with Crippen molar-refractivity contribution in [3.63, 3.8) is 0 Å². The summed E-state index contributed by atoms with van der Waals surface area (Å²) in [5, 5.41) is 9.49. The van der Waals surface area contributed by atoms with E-state index in [-0.39, 0.29) is 5.76 Å². The van der Waals surface area contributed by atoms with Crippen LogP contribution in [-0.2, 0) is 0 Å². The highest BCUT2D eigenvalue weighted by Crippen LogP contribution is 2.28. The van der Waals surface area contributed by atoms with Crippen LogP contribution in [0.3, 0.4) is 0 Å². The molecule has 15 heavy (non-hydrogen) atoms. The molecule has 0 saturated heterocycles. The second-order valence-corrected chi connectivity index (χ2v) is 3.74. The summed E-state index contributed by atoms with van der Waals surface area (Å²) in [5.41, 5.74) is 0.766. The van der Waals surface area contributed by atoms with Crippen molar-refractivity contribution >= 4 is 17.7 Å². The minimum atomic E-state index is -1.09. The Morgan fingerprint density at radius 2 is 2.33 bits per heavy atom. The molecule has 0 saturated carbocycles. The Kier molecular flexibility index (Phi) is 2.51. The first-order valence-electron chi connectivity index (χ1n) is 4.08. The van der Waals surface area contributed by atoms with Gasteiger partial charge in [0.15, 0.2) is 5.09 Å². The monoisotopic (exact) mass is 225 g/mol. The Labute approximate surface area is 89.1 Å². The van der Waals surface area contributed by atoms with Crippen LogP contribution in [0.1, 0.15) is 16.2 Å². The Morgan fingerprint density at radius 3 is 2.87 bits per heavy atom. The van der Waals surface area contributed by atoms with E-state index < -0.39 is 5.97 Å². The summed E-state index contributed by atoms with van der Waals surface area (Å²) in [5.74, 6) is -1.19. The van der Waals surface area contributed by atoms with E-state index in [9.17, 15) is 4.79 Å². The van der Waals surface area contributed by atoms with Gasteiger partial charge in [-0.15, -0.1) is 0 Å². The fraction of sp³-hybridized carbons (Fsp3) is 0.111. The number of carboxylic acids is 1. The molecular weight excluding hydrogens is 218 g/mol. The first-order chi connectivity index (χ1) is 7.15. The highest BCUT2D eigenvalue weighted by atomic mass is 32.2. The van der Waals surface area contributed by atoms with Crippen molar-refractivity contribution in [3.05, 3.63) is 29.9 Å². The molecule has 0 aliphatic carbocycles. The minimum absolute atomic E-state index is 0.0965. The molecule has 0 aliphatic rings. The number of nitrogens with zero attached hydrogens (tertiary/aromatic N) is 1. The maximum Gasteiger partial charge on any atom is 0.371 e. The smallest absolute Gasteiger partial charge is 0.371 e. The molecule has 6 heteroatoms. The van der Waals surface area contributed by atoms with Gasteiger partial charge in [0.25, 0.3) is 5.22 Å². The number of aryl methyl sites for hydroxylation is 1. The van der Waals surface area contributed by atoms with Crippen LogP contribution in [0.15, 0.2) is 37.5 Å². The van der Waals surface area contributed by atoms with Crippen molar-refractivity contribution in [2.24, 2.45) is 0 Å². The number of carboxylic acid groups (broad SMARTS) is 1. The van der Waals surface area contributed by atoms with Gasteiger partial charge in [-0.25, -0.2) is 9.78 Å². The molecule has 0 radical (unpaired) electrons. The maximum absolute atomic E-state index is 10.5. The number of hydrogen-bond donors (Lipinski definition) is 1. The molecule has 2 heterocycles. The van der Waals surface area contributed by atoms with Crippen molar-refractivity contribution in [2.75, 3.05) is 0 Å². The summed E-state index contributed by atoms with van der Waals surface area (Å²) >= 11 is 1.14. The van der Waals surface area contributed by atoms with Crippen LogP contribution in [0.25, 0.3) is 0 Å². The van der Waals surface area contributed by atoms with Crippen LogP contribution in [-0.4, -0.2) is 16.1 Å². The van der Waals surface area contributed by atoms with Crippen molar-refractivity contribution in [1.29, 1.82) is 0 Å². The van der Waals surface area contributed by atoms with Gasteiger partial charge in [0.1, 0.15) is 6.26 Å². The molecular formula is C9H7NO4S. The molecule has 0 amide bonds. The summed E-state index contributed by atoms with van der Waals surface area (Å²) in [7, 11) is 0. The summed E-state index contributed by atoms with van der Waals surface area (Å²) in [6.07, 6.45) is 1.52. The largest absolute Gasteiger partial charge is 0.475 e. The Bertz CT molecular complexity index is 488. The average molecular weight is 225 g/mol. The zero-order valence-corrected chi connectivity index (χ0v) is 8.58. The molecule has 0 fully saturated rings. The van der Waals surface area contributed by atoms with Gasteiger partial charge in [-0.2, -0.15) is 0 Å². The number of aromatic nitrogens is 1. The standard InChI is InChI=1S/C9H7NO4S/c1-5-4-13-9(10-5)15-7-3-2-6(14-7)8(11)12/h2-4H,1H3,(H,11,12). The first kappa shape index (κ1) is 9.85. The molecule has 0 unspecified atom stereocenters. The lowest BCUT2D eigenvalue weighted by Gasteiger charge is -1.89. The van der Waals surface area contributed by atoms with Crippen molar-refractivity contribution < 1.29 is 18.7 Å². The van der Waals surface area contributed by atoms with Crippen LogP contribution >= 0.6 is 11.8 Å². The lowest BCUT2D eigenvalue weighted by atomic mass is 10.5. The zero-order chi connectivity index (χ0) is 10.8. The number of oxazole rings is 1. The fourth-order valence-corrected chi connectivity index (χ4v) is 1.68. The number of furan rings is 1. The molecule has 5 nitrogen and oxygen atoms in total. The molecule has 0 aliphatic heterocycles. The highest BCUT2D eigenvalue weighted by Gasteiger charge is 2.11. The van der Waals surface area contributed by atoms with E-state index in [2.05, 4.69) is 4.98 Å². The van der Waals surface area contributed by atoms with E-state index in [1.807, 2.05) is 0 Å². The number of rotatable bonds is 3. The summed E-state index contributed by atoms with van der Waals surface area (Å²) in [4.78, 5) is 14.6. The van der Waals surface area contributed by atoms with E-state index in [1.54, 1.807) is 13.0 Å². The van der Waals surface area contributed by atoms with E-state index in [4.69, 9.17) is 13.9 Å².